The van der Waals surface area contributed by atoms with Gasteiger partial charge in [-0.15, -0.1) is 0 Å². The summed E-state index contributed by atoms with van der Waals surface area (Å²) in [7, 11) is 0. The van der Waals surface area contributed by atoms with Gasteiger partial charge in [0.15, 0.2) is 0 Å². The van der Waals surface area contributed by atoms with Crippen LogP contribution in [0.4, 0.5) is 0 Å². The van der Waals surface area contributed by atoms with Gasteiger partial charge in [0.2, 0.25) is 0 Å². The molecule has 2 rings (SSSR count). The normalized spacial score (nSPS) is 18.2. The highest BCUT2D eigenvalue weighted by molar-refractivity contribution is 5.15. The molecule has 0 spiro atoms. The van der Waals surface area contributed by atoms with Crippen LogP contribution in [0.3, 0.4) is 0 Å². The van der Waals surface area contributed by atoms with Crippen molar-refractivity contribution >= 4 is 0 Å². The fraction of sp³-hybridized carbons (Fsp3) is 0.667. The van der Waals surface area contributed by atoms with Crippen molar-refractivity contribution in [2.24, 2.45) is 5.92 Å². The Labute approximate surface area is 141 Å². The van der Waals surface area contributed by atoms with Gasteiger partial charge < -0.3 is 27.2 Å². The number of aliphatic hydroxyl groups excluding tert-OH is 1. The first-order chi connectivity index (χ1) is 10.1. The largest absolute Gasteiger partial charge is 1.00 e. The molecule has 1 aliphatic rings. The van der Waals surface area contributed by atoms with Gasteiger partial charge in [0.25, 0.3) is 0 Å². The molecule has 1 unspecified atom stereocenters. The number of β-amino-alcohol motifs (C(OH)–C–C–N with tert-alkyl or cyclic N) is 1. The molecule has 126 valence electrons. The van der Waals surface area contributed by atoms with Crippen LogP contribution in [0.25, 0.3) is 0 Å². The maximum atomic E-state index is 9.98. The van der Waals surface area contributed by atoms with E-state index in [0.717, 1.165) is 25.6 Å². The number of likely N-dealkylation sites (tertiary alicyclic amines) is 1. The molecule has 1 saturated heterocycles. The van der Waals surface area contributed by atoms with E-state index < -0.39 is 0 Å². The number of hydrogen-bond donors (Lipinski definition) is 1. The van der Waals surface area contributed by atoms with E-state index in [2.05, 4.69) is 35.2 Å². The maximum absolute atomic E-state index is 9.98. The van der Waals surface area contributed by atoms with Crippen molar-refractivity contribution in [2.45, 2.75) is 45.3 Å². The highest BCUT2D eigenvalue weighted by atomic mass is 35.5. The molecule has 1 N–H and O–H groups in total. The maximum Gasteiger partial charge on any atom is 0.0900 e. The molecule has 0 aliphatic carbocycles. The number of benzene rings is 1. The third-order valence-corrected chi connectivity index (χ3v) is 4.17. The quantitative estimate of drug-likeness (QED) is 0.749. The van der Waals surface area contributed by atoms with E-state index in [1.54, 1.807) is 0 Å². The molecule has 0 aromatic heterocycles. The van der Waals surface area contributed by atoms with Crippen LogP contribution in [0.2, 0.25) is 0 Å². The van der Waals surface area contributed by atoms with Crippen LogP contribution in [-0.2, 0) is 11.2 Å². The number of hydrogen-bond acceptors (Lipinski definition) is 3. The Bertz CT molecular complexity index is 391. The minimum atomic E-state index is -0.363. The zero-order chi connectivity index (χ0) is 15.1. The lowest BCUT2D eigenvalue weighted by atomic mass is 9.90. The highest BCUT2D eigenvalue weighted by Gasteiger charge is 2.21. The second-order valence-corrected chi connectivity index (χ2v) is 6.47. The molecule has 1 heterocycles. The molecule has 0 bridgehead atoms. The Kier molecular flexibility index (Phi) is 9.03. The minimum Gasteiger partial charge on any atom is -1.00 e. The SMILES string of the molecule is CC(C)OCC(O)CN1CCC(Cc2ccccc2)CC1.[Cl-]. The second-order valence-electron chi connectivity index (χ2n) is 6.47. The lowest BCUT2D eigenvalue weighted by Gasteiger charge is -2.33. The third-order valence-electron chi connectivity index (χ3n) is 4.17. The van der Waals surface area contributed by atoms with Crippen LogP contribution in [0, 0.1) is 5.92 Å². The molecular weight excluding hydrogens is 298 g/mol. The second kappa shape index (κ2) is 10.2. The smallest absolute Gasteiger partial charge is 0.0900 e. The van der Waals surface area contributed by atoms with Crippen LogP contribution >= 0.6 is 0 Å². The summed E-state index contributed by atoms with van der Waals surface area (Å²) in [5.74, 6) is 0.785. The average Bonchev–Trinajstić information content (AvgIpc) is 2.48. The Morgan fingerprint density at radius 2 is 1.82 bits per heavy atom. The van der Waals surface area contributed by atoms with Gasteiger partial charge in [0.05, 0.1) is 18.8 Å². The molecule has 1 aromatic carbocycles. The zero-order valence-electron chi connectivity index (χ0n) is 13.7. The van der Waals surface area contributed by atoms with Gasteiger partial charge in [0, 0.05) is 6.54 Å². The van der Waals surface area contributed by atoms with Gasteiger partial charge in [0.1, 0.15) is 0 Å². The predicted molar refractivity (Wildman–Crippen MR) is 86.4 cm³/mol. The van der Waals surface area contributed by atoms with Gasteiger partial charge in [-0.1, -0.05) is 30.3 Å². The molecule has 4 heteroatoms. The zero-order valence-corrected chi connectivity index (χ0v) is 14.5. The van der Waals surface area contributed by atoms with Crippen molar-refractivity contribution in [3.05, 3.63) is 35.9 Å². The van der Waals surface area contributed by atoms with E-state index in [1.165, 1.54) is 24.8 Å². The van der Waals surface area contributed by atoms with E-state index >= 15 is 0 Å². The van der Waals surface area contributed by atoms with Crippen LogP contribution in [0.5, 0.6) is 0 Å². The molecule has 0 radical (unpaired) electrons. The van der Waals surface area contributed by atoms with E-state index in [-0.39, 0.29) is 24.6 Å². The van der Waals surface area contributed by atoms with Gasteiger partial charge >= 0.3 is 0 Å². The van der Waals surface area contributed by atoms with Crippen LogP contribution in [-0.4, -0.2) is 48.5 Å². The van der Waals surface area contributed by atoms with E-state index in [4.69, 9.17) is 4.74 Å². The van der Waals surface area contributed by atoms with E-state index in [1.807, 2.05) is 13.8 Å². The lowest BCUT2D eigenvalue weighted by molar-refractivity contribution is -0.0124. The monoisotopic (exact) mass is 326 g/mol. The van der Waals surface area contributed by atoms with Crippen molar-refractivity contribution < 1.29 is 22.3 Å². The Morgan fingerprint density at radius 3 is 2.41 bits per heavy atom. The Hall–Kier alpha value is -0.610. The number of nitrogens with zero attached hydrogens (tertiary/aromatic N) is 1. The molecule has 1 atom stereocenters. The summed E-state index contributed by atoms with van der Waals surface area (Å²) in [6.45, 7) is 7.38. The standard InChI is InChI=1S/C18H29NO2.ClH/c1-15(2)21-14-18(20)13-19-10-8-17(9-11-19)12-16-6-4-3-5-7-16;/h3-7,15,17-18,20H,8-14H2,1-2H3;1H/p-1. The molecule has 3 nitrogen and oxygen atoms in total. The van der Waals surface area contributed by atoms with E-state index in [0.29, 0.717) is 6.61 Å². The molecule has 22 heavy (non-hydrogen) atoms. The predicted octanol–water partition coefficient (Wildman–Crippen LogP) is -0.269. The number of aliphatic hydroxyl groups is 1. The number of halogens is 1. The summed E-state index contributed by atoms with van der Waals surface area (Å²) in [6.07, 6.45) is 3.47. The Morgan fingerprint density at radius 1 is 1.18 bits per heavy atom. The summed E-state index contributed by atoms with van der Waals surface area (Å²) >= 11 is 0. The van der Waals surface area contributed by atoms with Gasteiger partial charge in [-0.25, -0.2) is 0 Å². The fourth-order valence-electron chi connectivity index (χ4n) is 2.97. The summed E-state index contributed by atoms with van der Waals surface area (Å²) < 4.78 is 5.47. The van der Waals surface area contributed by atoms with Crippen molar-refractivity contribution in [1.82, 2.24) is 4.90 Å². The van der Waals surface area contributed by atoms with Gasteiger partial charge in [-0.2, -0.15) is 0 Å². The van der Waals surface area contributed by atoms with E-state index in [9.17, 15) is 5.11 Å². The summed E-state index contributed by atoms with van der Waals surface area (Å²) in [4.78, 5) is 2.37. The Balaban J connectivity index is 0.00000242. The highest BCUT2D eigenvalue weighted by Crippen LogP contribution is 2.21. The summed E-state index contributed by atoms with van der Waals surface area (Å²) in [5, 5.41) is 9.98. The molecule has 1 fully saturated rings. The van der Waals surface area contributed by atoms with Crippen LogP contribution < -0.4 is 12.4 Å². The van der Waals surface area contributed by atoms with Gasteiger partial charge in [-0.05, 0) is 57.7 Å². The summed E-state index contributed by atoms with van der Waals surface area (Å²) in [5.41, 5.74) is 1.45. The number of ether oxygens (including phenoxy) is 1. The molecule has 1 aliphatic heterocycles. The first-order valence-electron chi connectivity index (χ1n) is 8.19. The topological polar surface area (TPSA) is 32.7 Å². The van der Waals surface area contributed by atoms with Crippen molar-refractivity contribution in [3.8, 4) is 0 Å². The fourth-order valence-corrected chi connectivity index (χ4v) is 2.97. The number of piperidine rings is 1. The number of rotatable bonds is 7. The summed E-state index contributed by atoms with van der Waals surface area (Å²) in [6, 6.07) is 10.8. The molecule has 0 saturated carbocycles. The van der Waals surface area contributed by atoms with Gasteiger partial charge in [-0.3, -0.25) is 0 Å². The van der Waals surface area contributed by atoms with Crippen LogP contribution in [0.1, 0.15) is 32.3 Å². The van der Waals surface area contributed by atoms with Crippen molar-refractivity contribution in [3.63, 3.8) is 0 Å². The minimum absolute atomic E-state index is 0. The average molecular weight is 327 g/mol. The molecule has 1 aromatic rings. The molecule has 0 amide bonds. The third kappa shape index (κ3) is 7.10. The van der Waals surface area contributed by atoms with Crippen molar-refractivity contribution in [2.75, 3.05) is 26.2 Å². The van der Waals surface area contributed by atoms with Crippen LogP contribution in [0.15, 0.2) is 30.3 Å². The molecular formula is C18H29ClNO2-. The lowest BCUT2D eigenvalue weighted by Crippen LogP contribution is -3.00. The first-order valence-corrected chi connectivity index (χ1v) is 8.19. The first kappa shape index (κ1) is 19.4. The van der Waals surface area contributed by atoms with Crippen molar-refractivity contribution in [1.29, 1.82) is 0 Å².